The third-order valence-corrected chi connectivity index (χ3v) is 5.96. The third kappa shape index (κ3) is 4.56. The van der Waals surface area contributed by atoms with Gasteiger partial charge in [0.2, 0.25) is 0 Å². The van der Waals surface area contributed by atoms with Crippen LogP contribution in [0.3, 0.4) is 0 Å². The smallest absolute Gasteiger partial charge is 0.376 e. The molecule has 5 heteroatoms. The average Bonchev–Trinajstić information content (AvgIpc) is 2.58. The van der Waals surface area contributed by atoms with Gasteiger partial charge in [-0.2, -0.15) is 0 Å². The Hall–Kier alpha value is -1.43. The highest BCUT2D eigenvalue weighted by atomic mass is 32.2. The zero-order valence-corrected chi connectivity index (χ0v) is 15.1. The van der Waals surface area contributed by atoms with Crippen molar-refractivity contribution in [3.63, 3.8) is 0 Å². The van der Waals surface area contributed by atoms with E-state index in [1.54, 1.807) is 0 Å². The van der Waals surface area contributed by atoms with Crippen molar-refractivity contribution in [3.8, 4) is 11.5 Å². The van der Waals surface area contributed by atoms with Crippen molar-refractivity contribution in [2.24, 2.45) is 0 Å². The Kier molecular flexibility index (Phi) is 5.54. The first-order chi connectivity index (χ1) is 11.5. The fraction of sp³-hybridized carbons (Fsp3) is 0.368. The first-order valence-electron chi connectivity index (χ1n) is 8.48. The van der Waals surface area contributed by atoms with E-state index in [4.69, 9.17) is 4.74 Å². The summed E-state index contributed by atoms with van der Waals surface area (Å²) in [6.45, 7) is 6.08. The Labute approximate surface area is 149 Å². The number of thioether (sulfide) groups is 1. The summed E-state index contributed by atoms with van der Waals surface area (Å²) in [4.78, 5) is 3.41. The first kappa shape index (κ1) is 17.4. The molecule has 0 atom stereocenters. The van der Waals surface area contributed by atoms with Gasteiger partial charge in [-0.1, -0.05) is 18.2 Å². The monoisotopic (exact) mass is 341 g/mol. The second kappa shape index (κ2) is 7.64. The Morgan fingerprint density at radius 3 is 2.17 bits per heavy atom. The van der Waals surface area contributed by atoms with Gasteiger partial charge in [0.25, 0.3) is 0 Å². The van der Waals surface area contributed by atoms with E-state index >= 15 is 0 Å². The van der Waals surface area contributed by atoms with Gasteiger partial charge in [-0.3, -0.25) is 0 Å². The van der Waals surface area contributed by atoms with Crippen LogP contribution < -0.4 is 4.74 Å². The minimum absolute atomic E-state index is 0.229. The lowest BCUT2D eigenvalue weighted by atomic mass is 9.81. The number of piperidine rings is 1. The Balaban J connectivity index is 1.58. The van der Waals surface area contributed by atoms with E-state index in [1.165, 1.54) is 4.90 Å². The molecule has 0 aromatic heterocycles. The van der Waals surface area contributed by atoms with E-state index in [-0.39, 0.29) is 11.8 Å². The van der Waals surface area contributed by atoms with E-state index in [2.05, 4.69) is 23.9 Å². The zero-order valence-electron chi connectivity index (χ0n) is 14.3. The predicted octanol–water partition coefficient (Wildman–Crippen LogP) is 4.54. The number of ether oxygens (including phenoxy) is 1. The van der Waals surface area contributed by atoms with Crippen molar-refractivity contribution in [2.75, 3.05) is 13.1 Å². The van der Waals surface area contributed by atoms with Gasteiger partial charge >= 0.3 is 7.05 Å². The van der Waals surface area contributed by atoms with Gasteiger partial charge in [0.05, 0.1) is 0 Å². The van der Waals surface area contributed by atoms with Crippen LogP contribution in [0.15, 0.2) is 59.5 Å². The number of hydrogen-bond acceptors (Lipinski definition) is 4. The van der Waals surface area contributed by atoms with Gasteiger partial charge < -0.3 is 14.6 Å². The molecule has 0 aliphatic carbocycles. The molecule has 1 saturated heterocycles. The second-order valence-electron chi connectivity index (χ2n) is 6.61. The lowest BCUT2D eigenvalue weighted by Gasteiger charge is -2.39. The lowest BCUT2D eigenvalue weighted by Crippen LogP contribution is -2.47. The quantitative estimate of drug-likeness (QED) is 0.810. The highest BCUT2D eigenvalue weighted by Gasteiger charge is 2.33. The number of hydrogen-bond donors (Lipinski definition) is 1. The molecule has 24 heavy (non-hydrogen) atoms. The summed E-state index contributed by atoms with van der Waals surface area (Å²) < 4.78 is 6.07. The average molecular weight is 341 g/mol. The molecule has 0 unspecified atom stereocenters. The molecule has 3 nitrogen and oxygen atoms in total. The van der Waals surface area contributed by atoms with E-state index < -0.39 is 0 Å². The summed E-state index contributed by atoms with van der Waals surface area (Å²) in [6.07, 6.45) is 2.18. The summed E-state index contributed by atoms with van der Waals surface area (Å²) in [5.41, 5.74) is 0. The molecule has 0 amide bonds. The van der Waals surface area contributed by atoms with Crippen LogP contribution in [-0.2, 0) is 0 Å². The highest BCUT2D eigenvalue weighted by molar-refractivity contribution is 8.00. The largest absolute Gasteiger partial charge is 0.457 e. The molecule has 0 spiro atoms. The maximum Gasteiger partial charge on any atom is 0.376 e. The fourth-order valence-electron chi connectivity index (χ4n) is 2.96. The van der Waals surface area contributed by atoms with Crippen LogP contribution in [0, 0.1) is 0 Å². The summed E-state index contributed by atoms with van der Waals surface area (Å²) in [5, 5.41) is 9.69. The van der Waals surface area contributed by atoms with Crippen LogP contribution in [0.5, 0.6) is 11.5 Å². The molecule has 3 rings (SSSR count). The standard InChI is InChI=1S/C19H24BNO2S/c1-19(12-14-21(15-13-19)20(2)22)24-18-10-8-17(9-11-18)23-16-6-4-3-5-7-16/h3-11,22H,12-15H2,1-2H3. The molecule has 126 valence electrons. The van der Waals surface area contributed by atoms with Crippen LogP contribution in [0.4, 0.5) is 0 Å². The number of para-hydroxylation sites is 1. The molecular formula is C19H24BNO2S. The molecular weight excluding hydrogens is 317 g/mol. The SMILES string of the molecule is CB(O)N1CCC(C)(Sc2ccc(Oc3ccccc3)cc2)CC1. The van der Waals surface area contributed by atoms with Gasteiger partial charge in [0.15, 0.2) is 0 Å². The van der Waals surface area contributed by atoms with Crippen LogP contribution in [0.2, 0.25) is 6.82 Å². The highest BCUT2D eigenvalue weighted by Crippen LogP contribution is 2.41. The van der Waals surface area contributed by atoms with Crippen molar-refractivity contribution in [3.05, 3.63) is 54.6 Å². The van der Waals surface area contributed by atoms with Gasteiger partial charge in [-0.15, -0.1) is 11.8 Å². The normalized spacial score (nSPS) is 17.5. The van der Waals surface area contributed by atoms with E-state index in [0.717, 1.165) is 37.4 Å². The predicted molar refractivity (Wildman–Crippen MR) is 102 cm³/mol. The van der Waals surface area contributed by atoms with Crippen molar-refractivity contribution in [1.82, 2.24) is 4.81 Å². The molecule has 2 aromatic carbocycles. The molecule has 0 radical (unpaired) electrons. The maximum atomic E-state index is 9.69. The number of rotatable bonds is 5. The van der Waals surface area contributed by atoms with E-state index in [9.17, 15) is 5.02 Å². The number of benzene rings is 2. The van der Waals surface area contributed by atoms with E-state index in [0.29, 0.717) is 0 Å². The molecule has 1 N–H and O–H groups in total. The Bertz CT molecular complexity index is 640. The molecule has 2 aromatic rings. The van der Waals surface area contributed by atoms with Gasteiger partial charge in [0, 0.05) is 9.64 Å². The molecule has 1 heterocycles. The van der Waals surface area contributed by atoms with Crippen molar-refractivity contribution >= 4 is 18.8 Å². The molecule has 1 fully saturated rings. The fourth-order valence-corrected chi connectivity index (χ4v) is 4.19. The summed E-state index contributed by atoms with van der Waals surface area (Å²) in [5.74, 6) is 1.72. The van der Waals surface area contributed by atoms with Gasteiger partial charge in [-0.25, -0.2) is 0 Å². The third-order valence-electron chi connectivity index (χ3n) is 4.55. The van der Waals surface area contributed by atoms with Gasteiger partial charge in [-0.05, 0) is 76.1 Å². The van der Waals surface area contributed by atoms with E-state index in [1.807, 2.05) is 61.0 Å². The Morgan fingerprint density at radius 2 is 1.58 bits per heavy atom. The maximum absolute atomic E-state index is 9.69. The first-order valence-corrected chi connectivity index (χ1v) is 9.30. The minimum atomic E-state index is -0.339. The lowest BCUT2D eigenvalue weighted by molar-refractivity contribution is 0.281. The molecule has 1 aliphatic rings. The molecule has 0 saturated carbocycles. The summed E-state index contributed by atoms with van der Waals surface area (Å²) >= 11 is 1.93. The van der Waals surface area contributed by atoms with Crippen LogP contribution in [0.1, 0.15) is 19.8 Å². The van der Waals surface area contributed by atoms with Crippen molar-refractivity contribution < 1.29 is 9.76 Å². The summed E-state index contributed by atoms with van der Waals surface area (Å²) in [7, 11) is -0.339. The van der Waals surface area contributed by atoms with Crippen LogP contribution in [0.25, 0.3) is 0 Å². The molecule has 0 bridgehead atoms. The van der Waals surface area contributed by atoms with Gasteiger partial charge in [0.1, 0.15) is 11.5 Å². The van der Waals surface area contributed by atoms with Crippen molar-refractivity contribution in [2.45, 2.75) is 36.2 Å². The van der Waals surface area contributed by atoms with Crippen LogP contribution in [-0.4, -0.2) is 34.7 Å². The van der Waals surface area contributed by atoms with Crippen molar-refractivity contribution in [1.29, 1.82) is 0 Å². The Morgan fingerprint density at radius 1 is 1.00 bits per heavy atom. The second-order valence-corrected chi connectivity index (χ2v) is 8.27. The number of nitrogens with zero attached hydrogens (tertiary/aromatic N) is 1. The molecule has 1 aliphatic heterocycles. The minimum Gasteiger partial charge on any atom is -0.457 e. The topological polar surface area (TPSA) is 32.7 Å². The zero-order chi connectivity index (χ0) is 17.0. The van der Waals surface area contributed by atoms with Crippen LogP contribution >= 0.6 is 11.8 Å². The summed E-state index contributed by atoms with van der Waals surface area (Å²) in [6, 6.07) is 18.2.